The second-order valence-corrected chi connectivity index (χ2v) is 6.56. The van der Waals surface area contributed by atoms with Crippen LogP contribution in [0.1, 0.15) is 5.56 Å². The zero-order chi connectivity index (χ0) is 20.2. The van der Waals surface area contributed by atoms with Crippen molar-refractivity contribution in [3.63, 3.8) is 0 Å². The van der Waals surface area contributed by atoms with E-state index in [0.29, 0.717) is 17.2 Å². The molecule has 0 bridgehead atoms. The molecule has 1 aliphatic rings. The number of anilines is 1. The number of amides is 1. The number of hydrogen-bond donors (Lipinski definition) is 1. The summed E-state index contributed by atoms with van der Waals surface area (Å²) >= 11 is 0. The molecule has 0 unspecified atom stereocenters. The normalized spacial score (nSPS) is 13.0. The second kappa shape index (κ2) is 7.91. The average molecular weight is 382 g/mol. The molecule has 1 aliphatic heterocycles. The minimum Gasteiger partial charge on any atom is -0.497 e. The molecule has 0 aromatic heterocycles. The number of nitrogens with zero attached hydrogens (tertiary/aromatic N) is 1. The Hall–Kier alpha value is -4.04. The Morgan fingerprint density at radius 3 is 2.83 bits per heavy atom. The van der Waals surface area contributed by atoms with Gasteiger partial charge in [0.2, 0.25) is 0 Å². The van der Waals surface area contributed by atoms with Crippen LogP contribution in [0.2, 0.25) is 0 Å². The zero-order valence-electron chi connectivity index (χ0n) is 15.8. The van der Waals surface area contributed by atoms with E-state index >= 15 is 0 Å². The second-order valence-electron chi connectivity index (χ2n) is 6.56. The summed E-state index contributed by atoms with van der Waals surface area (Å²) in [4.78, 5) is 12.7. The first-order valence-electron chi connectivity index (χ1n) is 9.10. The van der Waals surface area contributed by atoms with Gasteiger partial charge >= 0.3 is 0 Å². The Bertz CT molecular complexity index is 1200. The van der Waals surface area contributed by atoms with Crippen LogP contribution in [0.4, 0.5) is 5.69 Å². The predicted octanol–water partition coefficient (Wildman–Crippen LogP) is 4.71. The van der Waals surface area contributed by atoms with Gasteiger partial charge in [-0.3, -0.25) is 4.79 Å². The third kappa shape index (κ3) is 3.83. The first-order valence-corrected chi connectivity index (χ1v) is 9.10. The fourth-order valence-electron chi connectivity index (χ4n) is 3.23. The number of nitrogens with one attached hydrogen (secondary N) is 1. The van der Waals surface area contributed by atoms with Crippen molar-refractivity contribution in [1.82, 2.24) is 0 Å². The molecule has 0 aliphatic carbocycles. The third-order valence-corrected chi connectivity index (χ3v) is 4.69. The van der Waals surface area contributed by atoms with Crippen molar-refractivity contribution in [2.45, 2.75) is 0 Å². The van der Waals surface area contributed by atoms with Crippen LogP contribution in [-0.4, -0.2) is 19.6 Å². The summed E-state index contributed by atoms with van der Waals surface area (Å²) in [6.07, 6.45) is 3.47. The van der Waals surface area contributed by atoms with Crippen molar-refractivity contribution in [3.05, 3.63) is 83.4 Å². The van der Waals surface area contributed by atoms with E-state index in [-0.39, 0.29) is 12.2 Å². The van der Waals surface area contributed by atoms with Crippen molar-refractivity contribution >= 4 is 28.4 Å². The van der Waals surface area contributed by atoms with E-state index in [4.69, 9.17) is 9.47 Å². The number of carbonyl (C=O) groups excluding carboxylic acids is 1. The molecule has 0 atom stereocenters. The van der Waals surface area contributed by atoms with Crippen LogP contribution in [-0.2, 0) is 4.79 Å². The van der Waals surface area contributed by atoms with Gasteiger partial charge in [-0.15, -0.1) is 0 Å². The molecule has 0 radical (unpaired) electrons. The van der Waals surface area contributed by atoms with Crippen molar-refractivity contribution in [2.24, 2.45) is 0 Å². The van der Waals surface area contributed by atoms with Crippen LogP contribution in [0, 0.1) is 11.3 Å². The molecule has 3 aromatic carbocycles. The molecular formula is C24H18N2O3. The summed E-state index contributed by atoms with van der Waals surface area (Å²) in [6.45, 7) is 0.271. The third-order valence-electron chi connectivity index (χ3n) is 4.69. The van der Waals surface area contributed by atoms with Gasteiger partial charge < -0.3 is 14.8 Å². The van der Waals surface area contributed by atoms with Crippen molar-refractivity contribution in [3.8, 4) is 17.6 Å². The Kier molecular flexibility index (Phi) is 5.00. The van der Waals surface area contributed by atoms with Gasteiger partial charge in [0.15, 0.2) is 0 Å². The van der Waals surface area contributed by atoms with Crippen LogP contribution in [0.15, 0.2) is 77.9 Å². The predicted molar refractivity (Wildman–Crippen MR) is 113 cm³/mol. The van der Waals surface area contributed by atoms with E-state index < -0.39 is 5.91 Å². The molecule has 3 aromatic rings. The first kappa shape index (κ1) is 18.3. The van der Waals surface area contributed by atoms with E-state index in [9.17, 15) is 10.1 Å². The van der Waals surface area contributed by atoms with Gasteiger partial charge in [0, 0.05) is 22.7 Å². The molecule has 5 nitrogen and oxygen atoms in total. The molecule has 4 rings (SSSR count). The lowest BCUT2D eigenvalue weighted by Crippen LogP contribution is -2.15. The van der Waals surface area contributed by atoms with Crippen molar-refractivity contribution in [2.75, 3.05) is 19.0 Å². The Morgan fingerprint density at radius 2 is 2.00 bits per heavy atom. The minimum atomic E-state index is -0.453. The van der Waals surface area contributed by atoms with Crippen LogP contribution in [0.25, 0.3) is 16.8 Å². The highest BCUT2D eigenvalue weighted by atomic mass is 16.5. The highest BCUT2D eigenvalue weighted by Gasteiger charge is 2.15. The smallest absolute Gasteiger partial charge is 0.266 e. The van der Waals surface area contributed by atoms with Crippen molar-refractivity contribution < 1.29 is 14.3 Å². The average Bonchev–Trinajstić information content (AvgIpc) is 2.77. The summed E-state index contributed by atoms with van der Waals surface area (Å²) in [5.74, 6) is 0.966. The maximum absolute atomic E-state index is 12.7. The van der Waals surface area contributed by atoms with Crippen LogP contribution in [0.3, 0.4) is 0 Å². The molecule has 0 fully saturated rings. The number of carbonyl (C=O) groups is 1. The van der Waals surface area contributed by atoms with E-state index in [1.54, 1.807) is 13.2 Å². The van der Waals surface area contributed by atoms with Crippen LogP contribution >= 0.6 is 0 Å². The first-order chi connectivity index (χ1) is 14.2. The van der Waals surface area contributed by atoms with E-state index in [0.717, 1.165) is 21.9 Å². The van der Waals surface area contributed by atoms with Crippen LogP contribution < -0.4 is 14.8 Å². The maximum atomic E-state index is 12.7. The number of rotatable bonds is 4. The van der Waals surface area contributed by atoms with Gasteiger partial charge in [-0.1, -0.05) is 36.4 Å². The lowest BCUT2D eigenvalue weighted by atomic mass is 10.0. The summed E-state index contributed by atoms with van der Waals surface area (Å²) in [5.41, 5.74) is 2.30. The minimum absolute atomic E-state index is 0.0183. The molecule has 1 heterocycles. The van der Waals surface area contributed by atoms with Gasteiger partial charge in [-0.05, 0) is 41.3 Å². The van der Waals surface area contributed by atoms with Crippen LogP contribution in [0.5, 0.6) is 11.5 Å². The van der Waals surface area contributed by atoms with Crippen molar-refractivity contribution in [1.29, 1.82) is 5.26 Å². The van der Waals surface area contributed by atoms with Gasteiger partial charge in [0.25, 0.3) is 5.91 Å². The number of hydrogen-bond acceptors (Lipinski definition) is 4. The van der Waals surface area contributed by atoms with Gasteiger partial charge in [-0.25, -0.2) is 0 Å². The number of methoxy groups -OCH3 is 1. The highest BCUT2D eigenvalue weighted by molar-refractivity contribution is 6.11. The lowest BCUT2D eigenvalue weighted by molar-refractivity contribution is -0.112. The molecule has 1 N–H and O–H groups in total. The Labute approximate surface area is 168 Å². The van der Waals surface area contributed by atoms with Gasteiger partial charge in [0.1, 0.15) is 29.7 Å². The molecule has 0 saturated carbocycles. The van der Waals surface area contributed by atoms with E-state index in [2.05, 4.69) is 5.32 Å². The standard InChI is InChI=1S/C24H18N2O3/c1-28-20-10-9-18-11-16(15-29-23(18)13-20)12-19(14-25)24(27)26-22-8-4-6-17-5-2-3-7-21(17)22/h2-13H,15H2,1H3,(H,26,27)/b19-12+. The quantitative estimate of drug-likeness (QED) is 0.524. The fourth-order valence-corrected chi connectivity index (χ4v) is 3.23. The van der Waals surface area contributed by atoms with Gasteiger partial charge in [-0.2, -0.15) is 5.26 Å². The molecule has 142 valence electrons. The molecule has 0 spiro atoms. The zero-order valence-corrected chi connectivity index (χ0v) is 15.8. The largest absolute Gasteiger partial charge is 0.497 e. The summed E-state index contributed by atoms with van der Waals surface area (Å²) in [5, 5.41) is 14.3. The number of ether oxygens (including phenoxy) is 2. The SMILES string of the molecule is COc1ccc2c(c1)OCC(/C=C(\C#N)C(=O)Nc1cccc3ccccc13)=C2. The number of nitriles is 1. The van der Waals surface area contributed by atoms with Gasteiger partial charge in [0.05, 0.1) is 7.11 Å². The fraction of sp³-hybridized carbons (Fsp3) is 0.0833. The molecular weight excluding hydrogens is 364 g/mol. The Balaban J connectivity index is 1.59. The lowest BCUT2D eigenvalue weighted by Gasteiger charge is -2.17. The summed E-state index contributed by atoms with van der Waals surface area (Å²) in [7, 11) is 1.60. The summed E-state index contributed by atoms with van der Waals surface area (Å²) in [6, 6.07) is 20.9. The number of benzene rings is 3. The molecule has 5 heteroatoms. The number of fused-ring (bicyclic) bond motifs is 2. The molecule has 29 heavy (non-hydrogen) atoms. The molecule has 0 saturated heterocycles. The maximum Gasteiger partial charge on any atom is 0.266 e. The van der Waals surface area contributed by atoms with E-state index in [1.165, 1.54) is 0 Å². The van der Waals surface area contributed by atoms with E-state index in [1.807, 2.05) is 72.8 Å². The highest BCUT2D eigenvalue weighted by Crippen LogP contribution is 2.31. The topological polar surface area (TPSA) is 71.3 Å². The monoisotopic (exact) mass is 382 g/mol. The summed E-state index contributed by atoms with van der Waals surface area (Å²) < 4.78 is 10.9. The molecule has 1 amide bonds. The Morgan fingerprint density at radius 1 is 1.17 bits per heavy atom.